The number of hydrogen-bond acceptors (Lipinski definition) is 3. The molecule has 1 amide bonds. The first-order chi connectivity index (χ1) is 8.04. The van der Waals surface area contributed by atoms with Crippen LogP contribution in [0.2, 0.25) is 0 Å². The van der Waals surface area contributed by atoms with Crippen LogP contribution in [0, 0.1) is 11.6 Å². The highest BCUT2D eigenvalue weighted by Gasteiger charge is 2.14. The molecule has 0 spiro atoms. The molecule has 1 rings (SSSR count). The third kappa shape index (κ3) is 3.99. The molecule has 6 heteroatoms. The van der Waals surface area contributed by atoms with Gasteiger partial charge in [0.2, 0.25) is 5.91 Å². The van der Waals surface area contributed by atoms with Gasteiger partial charge in [0.15, 0.2) is 11.6 Å². The summed E-state index contributed by atoms with van der Waals surface area (Å²) < 4.78 is 30.6. The predicted molar refractivity (Wildman–Crippen MR) is 58.5 cm³/mol. The maximum absolute atomic E-state index is 12.8. The maximum atomic E-state index is 12.8. The number of halogens is 2. The van der Waals surface area contributed by atoms with E-state index < -0.39 is 23.6 Å². The number of hydrogen-bond donors (Lipinski definition) is 2. The zero-order valence-corrected chi connectivity index (χ0v) is 9.37. The van der Waals surface area contributed by atoms with E-state index >= 15 is 0 Å². The molecular formula is C11H14F2N2O2. The number of primary amides is 1. The quantitative estimate of drug-likeness (QED) is 0.778. The minimum Gasteiger partial charge on any atom is -0.491 e. The van der Waals surface area contributed by atoms with Crippen LogP contribution in [0.15, 0.2) is 18.2 Å². The monoisotopic (exact) mass is 244 g/mol. The zero-order chi connectivity index (χ0) is 12.8. The lowest BCUT2D eigenvalue weighted by atomic mass is 10.3. The molecule has 0 radical (unpaired) electrons. The Morgan fingerprint density at radius 3 is 2.71 bits per heavy atom. The molecule has 4 nitrogen and oxygen atoms in total. The van der Waals surface area contributed by atoms with Crippen molar-refractivity contribution in [3.63, 3.8) is 0 Å². The number of carbonyl (C=O) groups excluding carboxylic acids is 1. The molecule has 0 aliphatic heterocycles. The van der Waals surface area contributed by atoms with E-state index in [0.717, 1.165) is 12.1 Å². The van der Waals surface area contributed by atoms with E-state index in [0.29, 0.717) is 6.54 Å². The number of likely N-dealkylation sites (N-methyl/N-ethyl adjacent to an activating group) is 1. The van der Waals surface area contributed by atoms with Crippen molar-refractivity contribution in [2.45, 2.75) is 13.0 Å². The van der Waals surface area contributed by atoms with E-state index in [4.69, 9.17) is 10.5 Å². The van der Waals surface area contributed by atoms with Crippen LogP contribution >= 0.6 is 0 Å². The van der Waals surface area contributed by atoms with E-state index in [-0.39, 0.29) is 12.4 Å². The molecule has 17 heavy (non-hydrogen) atoms. The number of ether oxygens (including phenoxy) is 1. The summed E-state index contributed by atoms with van der Waals surface area (Å²) in [6.07, 6.45) is 0. The molecule has 0 aliphatic carbocycles. The number of nitrogens with one attached hydrogen (secondary N) is 1. The molecule has 3 N–H and O–H groups in total. The first-order valence-corrected chi connectivity index (χ1v) is 5.15. The lowest BCUT2D eigenvalue weighted by molar-refractivity contribution is -0.120. The molecule has 0 heterocycles. The van der Waals surface area contributed by atoms with Gasteiger partial charge in [-0.05, 0) is 18.7 Å². The molecule has 94 valence electrons. The summed E-state index contributed by atoms with van der Waals surface area (Å²) in [6.45, 7) is 2.33. The summed E-state index contributed by atoms with van der Waals surface area (Å²) in [6, 6.07) is 2.49. The molecule has 0 bridgehead atoms. The van der Waals surface area contributed by atoms with Gasteiger partial charge < -0.3 is 15.8 Å². The largest absolute Gasteiger partial charge is 0.491 e. The average molecular weight is 244 g/mol. The maximum Gasteiger partial charge on any atom is 0.238 e. The van der Waals surface area contributed by atoms with Crippen LogP contribution in [0.25, 0.3) is 0 Å². The van der Waals surface area contributed by atoms with Gasteiger partial charge in [0.05, 0.1) is 0 Å². The van der Waals surface area contributed by atoms with E-state index in [1.807, 2.05) is 6.92 Å². The van der Waals surface area contributed by atoms with Crippen LogP contribution in [0.4, 0.5) is 8.78 Å². The topological polar surface area (TPSA) is 64.3 Å². The number of amides is 1. The van der Waals surface area contributed by atoms with Gasteiger partial charge in [0, 0.05) is 6.07 Å². The normalized spacial score (nSPS) is 12.2. The summed E-state index contributed by atoms with van der Waals surface area (Å²) >= 11 is 0. The molecule has 1 aromatic carbocycles. The van der Waals surface area contributed by atoms with Crippen LogP contribution in [-0.4, -0.2) is 25.1 Å². The molecule has 1 aromatic rings. The predicted octanol–water partition coefficient (Wildman–Crippen LogP) is 0.807. The van der Waals surface area contributed by atoms with Gasteiger partial charge in [-0.25, -0.2) is 8.78 Å². The lowest BCUT2D eigenvalue weighted by Crippen LogP contribution is -2.45. The second-order valence-corrected chi connectivity index (χ2v) is 3.40. The van der Waals surface area contributed by atoms with E-state index in [1.165, 1.54) is 6.07 Å². The molecule has 0 aliphatic rings. The van der Waals surface area contributed by atoms with Crippen molar-refractivity contribution in [2.24, 2.45) is 5.73 Å². The van der Waals surface area contributed by atoms with E-state index in [2.05, 4.69) is 5.32 Å². The van der Waals surface area contributed by atoms with Gasteiger partial charge in [-0.2, -0.15) is 0 Å². The Hall–Kier alpha value is -1.69. The molecule has 1 atom stereocenters. The van der Waals surface area contributed by atoms with Gasteiger partial charge in [-0.3, -0.25) is 4.79 Å². The fraction of sp³-hybridized carbons (Fsp3) is 0.364. The van der Waals surface area contributed by atoms with Crippen molar-refractivity contribution in [3.8, 4) is 5.75 Å². The Morgan fingerprint density at radius 1 is 1.47 bits per heavy atom. The van der Waals surface area contributed by atoms with Gasteiger partial charge in [0.25, 0.3) is 0 Å². The summed E-state index contributed by atoms with van der Waals surface area (Å²) in [4.78, 5) is 11.0. The summed E-state index contributed by atoms with van der Waals surface area (Å²) in [7, 11) is 0. The van der Waals surface area contributed by atoms with Gasteiger partial charge in [0.1, 0.15) is 18.4 Å². The Labute approximate surface area is 97.8 Å². The highest BCUT2D eigenvalue weighted by atomic mass is 19.2. The molecule has 1 unspecified atom stereocenters. The van der Waals surface area contributed by atoms with Crippen molar-refractivity contribution in [3.05, 3.63) is 29.8 Å². The third-order valence-electron chi connectivity index (χ3n) is 2.10. The summed E-state index contributed by atoms with van der Waals surface area (Å²) in [5.74, 6) is -2.36. The number of benzene rings is 1. The highest BCUT2D eigenvalue weighted by Crippen LogP contribution is 2.15. The first-order valence-electron chi connectivity index (χ1n) is 5.15. The SMILES string of the molecule is CCNC(COc1ccc(F)c(F)c1)C(N)=O. The second-order valence-electron chi connectivity index (χ2n) is 3.40. The molecule has 0 fully saturated rings. The number of nitrogens with two attached hydrogens (primary N) is 1. The molecular weight excluding hydrogens is 230 g/mol. The summed E-state index contributed by atoms with van der Waals surface area (Å²) in [5, 5.41) is 2.81. The minimum atomic E-state index is -0.999. The Kier molecular flexibility index (Phi) is 4.84. The van der Waals surface area contributed by atoms with E-state index in [1.54, 1.807) is 0 Å². The standard InChI is InChI=1S/C11H14F2N2O2/c1-2-15-10(11(14)16)6-17-7-3-4-8(12)9(13)5-7/h3-5,10,15H,2,6H2,1H3,(H2,14,16). The number of rotatable bonds is 6. The van der Waals surface area contributed by atoms with Gasteiger partial charge >= 0.3 is 0 Å². The lowest BCUT2D eigenvalue weighted by Gasteiger charge is -2.15. The van der Waals surface area contributed by atoms with E-state index in [9.17, 15) is 13.6 Å². The van der Waals surface area contributed by atoms with Crippen molar-refractivity contribution in [2.75, 3.05) is 13.2 Å². The number of carbonyl (C=O) groups is 1. The zero-order valence-electron chi connectivity index (χ0n) is 9.37. The average Bonchev–Trinajstić information content (AvgIpc) is 2.28. The molecule has 0 saturated heterocycles. The van der Waals surface area contributed by atoms with Gasteiger partial charge in [-0.15, -0.1) is 0 Å². The first kappa shape index (κ1) is 13.4. The Balaban J connectivity index is 2.59. The fourth-order valence-electron chi connectivity index (χ4n) is 1.23. The van der Waals surface area contributed by atoms with Crippen molar-refractivity contribution in [1.82, 2.24) is 5.32 Å². The van der Waals surface area contributed by atoms with Crippen molar-refractivity contribution in [1.29, 1.82) is 0 Å². The Morgan fingerprint density at radius 2 is 2.18 bits per heavy atom. The summed E-state index contributed by atoms with van der Waals surface area (Å²) in [5.41, 5.74) is 5.13. The van der Waals surface area contributed by atoms with Crippen LogP contribution in [-0.2, 0) is 4.79 Å². The fourth-order valence-corrected chi connectivity index (χ4v) is 1.23. The van der Waals surface area contributed by atoms with Crippen molar-refractivity contribution >= 4 is 5.91 Å². The smallest absolute Gasteiger partial charge is 0.238 e. The van der Waals surface area contributed by atoms with Crippen LogP contribution in [0.1, 0.15) is 6.92 Å². The van der Waals surface area contributed by atoms with Crippen LogP contribution in [0.3, 0.4) is 0 Å². The Bertz CT molecular complexity index is 399. The second kappa shape index (κ2) is 6.15. The van der Waals surface area contributed by atoms with Gasteiger partial charge in [-0.1, -0.05) is 6.92 Å². The third-order valence-corrected chi connectivity index (χ3v) is 2.10. The van der Waals surface area contributed by atoms with Crippen LogP contribution < -0.4 is 15.8 Å². The van der Waals surface area contributed by atoms with Crippen LogP contribution in [0.5, 0.6) is 5.75 Å². The minimum absolute atomic E-state index is 0.0335. The van der Waals surface area contributed by atoms with Crippen molar-refractivity contribution < 1.29 is 18.3 Å². The molecule has 0 saturated carbocycles. The molecule has 0 aromatic heterocycles. The highest BCUT2D eigenvalue weighted by molar-refractivity contribution is 5.80.